The van der Waals surface area contributed by atoms with Gasteiger partial charge in [-0.15, -0.1) is 0 Å². The van der Waals surface area contributed by atoms with Crippen LogP contribution in [-0.2, 0) is 0 Å². The second kappa shape index (κ2) is 8.12. The average molecular weight is 214 g/mol. The molecule has 92 valence electrons. The van der Waals surface area contributed by atoms with Gasteiger partial charge in [0.05, 0.1) is 0 Å². The molecule has 0 heterocycles. The number of unbranched alkanes of at least 4 members (excludes halogenated alkanes) is 2. The van der Waals surface area contributed by atoms with Crippen LogP contribution in [0.15, 0.2) is 0 Å². The van der Waals surface area contributed by atoms with Gasteiger partial charge in [0.2, 0.25) is 0 Å². The summed E-state index contributed by atoms with van der Waals surface area (Å²) in [5, 5.41) is 0. The summed E-state index contributed by atoms with van der Waals surface area (Å²) in [5.41, 5.74) is 6.22. The number of rotatable bonds is 9. The molecule has 0 radical (unpaired) electrons. The summed E-state index contributed by atoms with van der Waals surface area (Å²) < 4.78 is 0. The summed E-state index contributed by atoms with van der Waals surface area (Å²) >= 11 is 0. The fraction of sp³-hybridized carbons (Fsp3) is 1.00. The van der Waals surface area contributed by atoms with E-state index in [0.717, 1.165) is 6.54 Å². The first-order chi connectivity index (χ1) is 7.16. The van der Waals surface area contributed by atoms with E-state index in [1.807, 2.05) is 0 Å². The van der Waals surface area contributed by atoms with Gasteiger partial charge in [-0.2, -0.15) is 0 Å². The molecule has 2 N–H and O–H groups in total. The maximum absolute atomic E-state index is 5.97. The molecule has 0 saturated carbocycles. The molecule has 0 aliphatic rings. The first-order valence-electron chi connectivity index (χ1n) is 6.58. The Bertz CT molecular complexity index is 141. The van der Waals surface area contributed by atoms with E-state index in [4.69, 9.17) is 5.73 Å². The van der Waals surface area contributed by atoms with Gasteiger partial charge in [0, 0.05) is 12.1 Å². The highest BCUT2D eigenvalue weighted by atomic mass is 15.2. The van der Waals surface area contributed by atoms with Gasteiger partial charge in [-0.3, -0.25) is 4.90 Å². The number of hydrogen-bond donors (Lipinski definition) is 1. The summed E-state index contributed by atoms with van der Waals surface area (Å²) in [6.07, 6.45) is 7.55. The molecular weight excluding hydrogens is 184 g/mol. The molecule has 1 unspecified atom stereocenters. The van der Waals surface area contributed by atoms with Gasteiger partial charge in [0.15, 0.2) is 0 Å². The highest BCUT2D eigenvalue weighted by molar-refractivity contribution is 4.88. The highest BCUT2D eigenvalue weighted by Crippen LogP contribution is 2.23. The third-order valence-electron chi connectivity index (χ3n) is 3.66. The normalized spacial score (nSPS) is 15.6. The summed E-state index contributed by atoms with van der Waals surface area (Å²) in [4.78, 5) is 2.49. The minimum atomic E-state index is 0.252. The quantitative estimate of drug-likeness (QED) is 0.598. The van der Waals surface area contributed by atoms with Gasteiger partial charge < -0.3 is 5.73 Å². The number of hydrogen-bond acceptors (Lipinski definition) is 2. The number of nitrogens with zero attached hydrogens (tertiary/aromatic N) is 1. The highest BCUT2D eigenvalue weighted by Gasteiger charge is 2.29. The molecule has 15 heavy (non-hydrogen) atoms. The molecule has 0 rings (SSSR count). The van der Waals surface area contributed by atoms with E-state index in [0.29, 0.717) is 0 Å². The van der Waals surface area contributed by atoms with E-state index in [9.17, 15) is 0 Å². The Balaban J connectivity index is 4.19. The lowest BCUT2D eigenvalue weighted by Gasteiger charge is -2.41. The van der Waals surface area contributed by atoms with Gasteiger partial charge in [-0.1, -0.05) is 40.0 Å². The maximum Gasteiger partial charge on any atom is 0.0325 e. The molecule has 0 saturated heterocycles. The predicted octanol–water partition coefficient (Wildman–Crippen LogP) is 3.02. The first kappa shape index (κ1) is 14.9. The molecule has 0 amide bonds. The van der Waals surface area contributed by atoms with Crippen LogP contribution in [0.4, 0.5) is 0 Å². The second-order valence-corrected chi connectivity index (χ2v) is 4.66. The van der Waals surface area contributed by atoms with E-state index >= 15 is 0 Å². The average Bonchev–Trinajstić information content (AvgIpc) is 2.26. The molecule has 0 fully saturated rings. The lowest BCUT2D eigenvalue weighted by atomic mass is 9.88. The molecule has 1 atom stereocenters. The lowest BCUT2D eigenvalue weighted by molar-refractivity contribution is 0.107. The van der Waals surface area contributed by atoms with Gasteiger partial charge in [0.1, 0.15) is 0 Å². The summed E-state index contributed by atoms with van der Waals surface area (Å²) in [7, 11) is 2.24. The Morgan fingerprint density at radius 1 is 1.07 bits per heavy atom. The zero-order valence-corrected chi connectivity index (χ0v) is 11.2. The smallest absolute Gasteiger partial charge is 0.0325 e. The van der Waals surface area contributed by atoms with Crippen LogP contribution in [0, 0.1) is 0 Å². The predicted molar refractivity (Wildman–Crippen MR) is 69.1 cm³/mol. The van der Waals surface area contributed by atoms with Gasteiger partial charge in [-0.25, -0.2) is 0 Å². The van der Waals surface area contributed by atoms with Crippen molar-refractivity contribution < 1.29 is 0 Å². The fourth-order valence-corrected chi connectivity index (χ4v) is 2.34. The van der Waals surface area contributed by atoms with E-state index in [1.54, 1.807) is 0 Å². The summed E-state index contributed by atoms with van der Waals surface area (Å²) in [5.74, 6) is 0. The molecule has 0 aromatic carbocycles. The minimum Gasteiger partial charge on any atom is -0.329 e. The van der Waals surface area contributed by atoms with Crippen LogP contribution in [0.2, 0.25) is 0 Å². The van der Waals surface area contributed by atoms with E-state index in [-0.39, 0.29) is 5.54 Å². The van der Waals surface area contributed by atoms with Crippen molar-refractivity contribution in [1.29, 1.82) is 0 Å². The Kier molecular flexibility index (Phi) is 8.07. The van der Waals surface area contributed by atoms with Crippen molar-refractivity contribution in [3.63, 3.8) is 0 Å². The van der Waals surface area contributed by atoms with Crippen molar-refractivity contribution in [2.24, 2.45) is 5.73 Å². The van der Waals surface area contributed by atoms with Crippen LogP contribution in [0.5, 0.6) is 0 Å². The van der Waals surface area contributed by atoms with Crippen molar-refractivity contribution in [3.05, 3.63) is 0 Å². The SMILES string of the molecule is CCCCCN(C)C(CC)(CN)CCC. The molecule has 0 aromatic heterocycles. The Labute approximate surface area is 96.2 Å². The van der Waals surface area contributed by atoms with Crippen molar-refractivity contribution in [2.75, 3.05) is 20.1 Å². The van der Waals surface area contributed by atoms with Crippen LogP contribution in [0.25, 0.3) is 0 Å². The zero-order valence-electron chi connectivity index (χ0n) is 11.2. The van der Waals surface area contributed by atoms with Crippen LogP contribution >= 0.6 is 0 Å². The largest absolute Gasteiger partial charge is 0.329 e. The van der Waals surface area contributed by atoms with Gasteiger partial charge >= 0.3 is 0 Å². The van der Waals surface area contributed by atoms with Crippen LogP contribution in [0.3, 0.4) is 0 Å². The second-order valence-electron chi connectivity index (χ2n) is 4.66. The zero-order chi connectivity index (χ0) is 11.7. The topological polar surface area (TPSA) is 29.3 Å². The fourth-order valence-electron chi connectivity index (χ4n) is 2.34. The van der Waals surface area contributed by atoms with E-state index in [2.05, 4.69) is 32.7 Å². The third-order valence-corrected chi connectivity index (χ3v) is 3.66. The van der Waals surface area contributed by atoms with E-state index in [1.165, 1.54) is 45.1 Å². The van der Waals surface area contributed by atoms with Crippen LogP contribution in [0.1, 0.15) is 59.3 Å². The molecule has 2 nitrogen and oxygen atoms in total. The van der Waals surface area contributed by atoms with E-state index < -0.39 is 0 Å². The summed E-state index contributed by atoms with van der Waals surface area (Å²) in [6, 6.07) is 0. The minimum absolute atomic E-state index is 0.252. The number of nitrogens with two attached hydrogens (primary N) is 1. The number of likely N-dealkylation sites (N-methyl/N-ethyl adjacent to an activating group) is 1. The van der Waals surface area contributed by atoms with Crippen molar-refractivity contribution in [2.45, 2.75) is 64.8 Å². The third kappa shape index (κ3) is 4.52. The first-order valence-corrected chi connectivity index (χ1v) is 6.58. The molecule has 0 aliphatic carbocycles. The Morgan fingerprint density at radius 3 is 2.13 bits per heavy atom. The maximum atomic E-state index is 5.97. The molecule has 0 aromatic rings. The van der Waals surface area contributed by atoms with Crippen LogP contribution in [-0.4, -0.2) is 30.6 Å². The standard InChI is InChI=1S/C13H30N2/c1-5-8-9-11-15(4)13(7-3,12-14)10-6-2/h5-12,14H2,1-4H3. The van der Waals surface area contributed by atoms with Crippen molar-refractivity contribution in [1.82, 2.24) is 4.90 Å². The monoisotopic (exact) mass is 214 g/mol. The van der Waals surface area contributed by atoms with Crippen molar-refractivity contribution in [3.8, 4) is 0 Å². The van der Waals surface area contributed by atoms with Gasteiger partial charge in [0.25, 0.3) is 0 Å². The molecular formula is C13H30N2. The van der Waals surface area contributed by atoms with Gasteiger partial charge in [-0.05, 0) is 32.9 Å². The molecule has 2 heteroatoms. The Hall–Kier alpha value is -0.0800. The molecule has 0 spiro atoms. The lowest BCUT2D eigenvalue weighted by Crippen LogP contribution is -2.51. The molecule has 0 aliphatic heterocycles. The summed E-state index contributed by atoms with van der Waals surface area (Å²) in [6.45, 7) is 8.75. The Morgan fingerprint density at radius 2 is 1.73 bits per heavy atom. The molecule has 0 bridgehead atoms. The van der Waals surface area contributed by atoms with Crippen LogP contribution < -0.4 is 5.73 Å². The van der Waals surface area contributed by atoms with Crippen molar-refractivity contribution >= 4 is 0 Å².